The van der Waals surface area contributed by atoms with Gasteiger partial charge in [-0.05, 0) is 0 Å². The van der Waals surface area contributed by atoms with Gasteiger partial charge in [0.1, 0.15) is 0 Å². The molecule has 4 nitrogen and oxygen atoms in total. The number of benzene rings is 1. The van der Waals surface area contributed by atoms with Crippen LogP contribution in [0.25, 0.3) is 0 Å². The zero-order chi connectivity index (χ0) is 17.6. The first-order chi connectivity index (χ1) is 11.9. The molecule has 0 saturated heterocycles. The quantitative estimate of drug-likeness (QED) is 0.503. The Morgan fingerprint density at radius 3 is 2.60 bits per heavy atom. The van der Waals surface area contributed by atoms with E-state index in [1.165, 1.54) is 14.5 Å². The van der Waals surface area contributed by atoms with E-state index in [1.54, 1.807) is 12.1 Å². The Bertz CT molecular complexity index is 950. The van der Waals surface area contributed by atoms with Crippen molar-refractivity contribution >= 4 is 41.2 Å². The van der Waals surface area contributed by atoms with Crippen LogP contribution in [0.15, 0.2) is 54.9 Å². The van der Waals surface area contributed by atoms with Crippen molar-refractivity contribution in [3.05, 3.63) is 60.4 Å². The van der Waals surface area contributed by atoms with Gasteiger partial charge >= 0.3 is 154 Å². The molecule has 1 aromatic carbocycles. The summed E-state index contributed by atoms with van der Waals surface area (Å²) in [4.78, 5) is 11.3. The predicted octanol–water partition coefficient (Wildman–Crippen LogP) is 2.92. The summed E-state index contributed by atoms with van der Waals surface area (Å²) < 4.78 is 2.44. The van der Waals surface area contributed by atoms with Gasteiger partial charge in [0.2, 0.25) is 0 Å². The van der Waals surface area contributed by atoms with Crippen LogP contribution < -0.4 is 13.8 Å². The summed E-state index contributed by atoms with van der Waals surface area (Å²) in [6.45, 7) is 6.58. The second-order valence-electron chi connectivity index (χ2n) is 7.07. The molecule has 4 rings (SSSR count). The SMILES string of the molecule is CC(C)(C)c1ccnc(N2c3cc(O)ccc3[Se]c3cccnc32)c1. The first-order valence-electron chi connectivity index (χ1n) is 8.16. The molecule has 1 N–H and O–H groups in total. The fourth-order valence-electron chi connectivity index (χ4n) is 2.87. The van der Waals surface area contributed by atoms with Crippen LogP contribution in [0.5, 0.6) is 5.75 Å². The Morgan fingerprint density at radius 1 is 0.960 bits per heavy atom. The second-order valence-corrected chi connectivity index (χ2v) is 9.34. The summed E-state index contributed by atoms with van der Waals surface area (Å²) in [6, 6.07) is 13.8. The number of aromatic nitrogens is 2. The predicted molar refractivity (Wildman–Crippen MR) is 102 cm³/mol. The van der Waals surface area contributed by atoms with Crippen LogP contribution in [0.1, 0.15) is 26.3 Å². The van der Waals surface area contributed by atoms with Gasteiger partial charge in [-0.2, -0.15) is 0 Å². The Morgan fingerprint density at radius 2 is 1.80 bits per heavy atom. The zero-order valence-electron chi connectivity index (χ0n) is 14.4. The van der Waals surface area contributed by atoms with Crippen LogP contribution in [0.4, 0.5) is 17.3 Å². The first-order valence-corrected chi connectivity index (χ1v) is 9.87. The molecule has 3 heterocycles. The Balaban J connectivity index is 1.94. The molecule has 0 spiro atoms. The number of anilines is 3. The topological polar surface area (TPSA) is 49.2 Å². The van der Waals surface area contributed by atoms with E-state index in [1.807, 2.05) is 24.5 Å². The molecule has 1 aliphatic heterocycles. The molecule has 0 saturated carbocycles. The molecular formula is C20H19N3OSe. The summed E-state index contributed by atoms with van der Waals surface area (Å²) in [5.74, 6) is 1.99. The van der Waals surface area contributed by atoms with Crippen LogP contribution in [0.3, 0.4) is 0 Å². The van der Waals surface area contributed by atoms with Crippen molar-refractivity contribution in [3.63, 3.8) is 0 Å². The molecule has 25 heavy (non-hydrogen) atoms. The van der Waals surface area contributed by atoms with Gasteiger partial charge in [-0.25, -0.2) is 0 Å². The minimum absolute atomic E-state index is 0.0337. The maximum absolute atomic E-state index is 10.0. The van der Waals surface area contributed by atoms with E-state index >= 15 is 0 Å². The Labute approximate surface area is 153 Å². The van der Waals surface area contributed by atoms with Crippen molar-refractivity contribution < 1.29 is 5.11 Å². The third-order valence-corrected chi connectivity index (χ3v) is 6.52. The van der Waals surface area contributed by atoms with Crippen LogP contribution in [-0.4, -0.2) is 30.0 Å². The number of fused-ring (bicyclic) bond motifs is 2. The average Bonchev–Trinajstić information content (AvgIpc) is 2.59. The molecule has 126 valence electrons. The van der Waals surface area contributed by atoms with Gasteiger partial charge in [-0.1, -0.05) is 0 Å². The van der Waals surface area contributed by atoms with Crippen LogP contribution in [0, 0.1) is 0 Å². The second kappa shape index (κ2) is 5.87. The maximum atomic E-state index is 10.0. The number of hydrogen-bond acceptors (Lipinski definition) is 4. The van der Waals surface area contributed by atoms with E-state index in [0.29, 0.717) is 0 Å². The molecule has 0 fully saturated rings. The van der Waals surface area contributed by atoms with E-state index in [-0.39, 0.29) is 26.1 Å². The number of hydrogen-bond donors (Lipinski definition) is 1. The molecule has 0 unspecified atom stereocenters. The minimum atomic E-state index is 0.0337. The van der Waals surface area contributed by atoms with Crippen molar-refractivity contribution in [3.8, 4) is 5.75 Å². The van der Waals surface area contributed by atoms with Gasteiger partial charge < -0.3 is 0 Å². The molecule has 0 radical (unpaired) electrons. The van der Waals surface area contributed by atoms with E-state index in [0.717, 1.165) is 17.3 Å². The normalized spacial score (nSPS) is 13.3. The number of aromatic hydroxyl groups is 1. The summed E-state index contributed by atoms with van der Waals surface area (Å²) in [6.07, 6.45) is 3.66. The van der Waals surface area contributed by atoms with Crippen molar-refractivity contribution in [2.24, 2.45) is 0 Å². The molecular weight excluding hydrogens is 377 g/mol. The van der Waals surface area contributed by atoms with E-state index in [2.05, 4.69) is 53.8 Å². The van der Waals surface area contributed by atoms with E-state index < -0.39 is 0 Å². The van der Waals surface area contributed by atoms with Crippen LogP contribution >= 0.6 is 0 Å². The molecule has 2 aromatic heterocycles. The number of phenols is 1. The fourth-order valence-corrected chi connectivity index (χ4v) is 4.99. The number of rotatable bonds is 1. The summed E-state index contributed by atoms with van der Waals surface area (Å²) in [7, 11) is 0. The summed E-state index contributed by atoms with van der Waals surface area (Å²) >= 11 is 0.158. The van der Waals surface area contributed by atoms with Crippen molar-refractivity contribution in [1.82, 2.24) is 9.97 Å². The Hall–Kier alpha value is -2.36. The third-order valence-electron chi connectivity index (χ3n) is 4.21. The molecule has 0 bridgehead atoms. The fraction of sp³-hybridized carbons (Fsp3) is 0.200. The molecule has 1 aliphatic rings. The first kappa shape index (κ1) is 16.1. The summed E-state index contributed by atoms with van der Waals surface area (Å²) in [5.41, 5.74) is 2.21. The number of nitrogens with zero attached hydrogens (tertiary/aromatic N) is 3. The third kappa shape index (κ3) is 2.90. The van der Waals surface area contributed by atoms with Crippen molar-refractivity contribution in [2.45, 2.75) is 26.2 Å². The van der Waals surface area contributed by atoms with Crippen LogP contribution in [0.2, 0.25) is 0 Å². The van der Waals surface area contributed by atoms with Gasteiger partial charge in [0, 0.05) is 0 Å². The van der Waals surface area contributed by atoms with Crippen LogP contribution in [-0.2, 0) is 5.41 Å². The van der Waals surface area contributed by atoms with E-state index in [4.69, 9.17) is 0 Å². The molecule has 0 amide bonds. The zero-order valence-corrected chi connectivity index (χ0v) is 16.1. The average molecular weight is 396 g/mol. The van der Waals surface area contributed by atoms with Crippen molar-refractivity contribution in [1.29, 1.82) is 0 Å². The molecule has 3 aromatic rings. The van der Waals surface area contributed by atoms with Gasteiger partial charge in [0.05, 0.1) is 0 Å². The molecule has 0 atom stereocenters. The number of phenolic OH excluding ortho intramolecular Hbond substituents is 1. The van der Waals surface area contributed by atoms with Crippen molar-refractivity contribution in [2.75, 3.05) is 4.90 Å². The monoisotopic (exact) mass is 397 g/mol. The van der Waals surface area contributed by atoms with E-state index in [9.17, 15) is 5.11 Å². The number of pyridine rings is 2. The van der Waals surface area contributed by atoms with Gasteiger partial charge in [0.25, 0.3) is 0 Å². The molecule has 5 heteroatoms. The Kier molecular flexibility index (Phi) is 3.78. The van der Waals surface area contributed by atoms with Gasteiger partial charge in [0.15, 0.2) is 0 Å². The standard InChI is InChI=1S/C20H19N3OSe/c1-20(2,3)13-8-10-21-18(11-13)23-15-12-14(24)6-7-16(15)25-17-5-4-9-22-19(17)23/h4-12,24H,1-3H3. The van der Waals surface area contributed by atoms with Gasteiger partial charge in [-0.3, -0.25) is 0 Å². The van der Waals surface area contributed by atoms with Gasteiger partial charge in [-0.15, -0.1) is 0 Å². The molecule has 0 aliphatic carbocycles. The summed E-state index contributed by atoms with van der Waals surface area (Å²) in [5, 5.41) is 10.0.